The Morgan fingerprint density at radius 3 is 2.64 bits per heavy atom. The van der Waals surface area contributed by atoms with Crippen molar-refractivity contribution in [1.29, 1.82) is 0 Å². The molecule has 9 nitrogen and oxygen atoms in total. The Kier molecular flexibility index (Phi) is 6.71. The number of aromatic nitrogens is 4. The molecule has 0 unspecified atom stereocenters. The van der Waals surface area contributed by atoms with Gasteiger partial charge in [0, 0.05) is 5.69 Å². The number of nitrogens with one attached hydrogen (secondary N) is 2. The maximum atomic E-state index is 12.6. The van der Waals surface area contributed by atoms with Gasteiger partial charge in [-0.1, -0.05) is 53.4 Å². The molecule has 0 aliphatic heterocycles. The molecule has 0 radical (unpaired) electrons. The highest BCUT2D eigenvalue weighted by molar-refractivity contribution is 8.01. The van der Waals surface area contributed by atoms with Crippen LogP contribution in [0.4, 0.5) is 16.6 Å². The maximum absolute atomic E-state index is 12.6. The van der Waals surface area contributed by atoms with Crippen LogP contribution in [0.2, 0.25) is 0 Å². The van der Waals surface area contributed by atoms with E-state index in [1.165, 1.54) is 39.5 Å². The lowest BCUT2D eigenvalue weighted by molar-refractivity contribution is -0.113. The molecule has 4 N–H and O–H groups in total. The number of carbonyl (C=O) groups is 2. The number of hydrogen-bond donors (Lipinski definition) is 3. The number of primary amides is 1. The Balaban J connectivity index is 1.42. The van der Waals surface area contributed by atoms with Crippen LogP contribution in [0.1, 0.15) is 21.5 Å². The summed E-state index contributed by atoms with van der Waals surface area (Å²) in [5.74, 6) is -0.685. The Labute approximate surface area is 198 Å². The summed E-state index contributed by atoms with van der Waals surface area (Å²) in [6.45, 7) is 4.09. The molecule has 0 atom stereocenters. The van der Waals surface area contributed by atoms with Crippen molar-refractivity contribution in [2.75, 3.05) is 16.4 Å². The molecule has 0 aliphatic rings. The molecule has 4 aromatic rings. The number of amides is 2. The lowest BCUT2D eigenvalue weighted by Gasteiger charge is -2.10. The van der Waals surface area contributed by atoms with E-state index in [1.54, 1.807) is 0 Å². The quantitative estimate of drug-likeness (QED) is 0.327. The van der Waals surface area contributed by atoms with Crippen LogP contribution in [-0.2, 0) is 4.79 Å². The number of benzene rings is 2. The van der Waals surface area contributed by atoms with Crippen LogP contribution in [0.25, 0.3) is 5.69 Å². The van der Waals surface area contributed by atoms with E-state index in [0.29, 0.717) is 15.2 Å². The number of para-hydroxylation sites is 1. The Morgan fingerprint density at radius 2 is 1.88 bits per heavy atom. The van der Waals surface area contributed by atoms with Crippen molar-refractivity contribution >= 4 is 51.5 Å². The first-order valence-electron chi connectivity index (χ1n) is 9.95. The van der Waals surface area contributed by atoms with Crippen LogP contribution >= 0.6 is 23.1 Å². The third-order valence-electron chi connectivity index (χ3n) is 4.87. The molecule has 4 rings (SSSR count). The van der Waals surface area contributed by atoms with Crippen LogP contribution < -0.4 is 16.4 Å². The van der Waals surface area contributed by atoms with Gasteiger partial charge in [0.1, 0.15) is 11.4 Å². The molecule has 33 heavy (non-hydrogen) atoms. The fourth-order valence-corrected chi connectivity index (χ4v) is 4.59. The van der Waals surface area contributed by atoms with Gasteiger partial charge in [0.05, 0.1) is 17.6 Å². The van der Waals surface area contributed by atoms with Gasteiger partial charge in [-0.25, -0.2) is 4.68 Å². The van der Waals surface area contributed by atoms with E-state index in [4.69, 9.17) is 5.73 Å². The average Bonchev–Trinajstić information content (AvgIpc) is 3.43. The predicted octanol–water partition coefficient (Wildman–Crippen LogP) is 3.91. The number of rotatable bonds is 8. The smallest absolute Gasteiger partial charge is 0.254 e. The Morgan fingerprint density at radius 1 is 1.09 bits per heavy atom. The molecule has 2 aromatic heterocycles. The standard InChI is InChI=1S/C22H21N7O2S2/c1-13-7-6-10-17(14(13)2)25-21-27-28-22(33-21)32-12-18(30)26-20-16(19(23)31)11-24-29(20)15-8-4-3-5-9-15/h3-11H,12H2,1-2H3,(H2,23,31)(H,25,27)(H,26,30). The third kappa shape index (κ3) is 5.21. The van der Waals surface area contributed by atoms with Gasteiger partial charge in [0.15, 0.2) is 4.34 Å². The molecule has 0 saturated heterocycles. The van der Waals surface area contributed by atoms with E-state index in [1.807, 2.05) is 62.4 Å². The minimum absolute atomic E-state index is 0.0796. The van der Waals surface area contributed by atoms with E-state index >= 15 is 0 Å². The predicted molar refractivity (Wildman–Crippen MR) is 131 cm³/mol. The minimum atomic E-state index is -0.675. The molecule has 0 saturated carbocycles. The summed E-state index contributed by atoms with van der Waals surface area (Å²) in [6, 6.07) is 15.2. The van der Waals surface area contributed by atoms with Crippen molar-refractivity contribution in [3.05, 3.63) is 71.4 Å². The van der Waals surface area contributed by atoms with E-state index in [-0.39, 0.29) is 23.0 Å². The van der Waals surface area contributed by atoms with Crippen molar-refractivity contribution in [2.45, 2.75) is 18.2 Å². The highest BCUT2D eigenvalue weighted by atomic mass is 32.2. The van der Waals surface area contributed by atoms with Crippen molar-refractivity contribution < 1.29 is 9.59 Å². The zero-order chi connectivity index (χ0) is 23.4. The highest BCUT2D eigenvalue weighted by Gasteiger charge is 2.19. The molecule has 0 bridgehead atoms. The molecule has 11 heteroatoms. The minimum Gasteiger partial charge on any atom is -0.365 e. The first-order chi connectivity index (χ1) is 15.9. The zero-order valence-corrected chi connectivity index (χ0v) is 19.5. The summed E-state index contributed by atoms with van der Waals surface area (Å²) >= 11 is 2.61. The van der Waals surface area contributed by atoms with Crippen molar-refractivity contribution in [3.8, 4) is 5.69 Å². The monoisotopic (exact) mass is 479 g/mol. The van der Waals surface area contributed by atoms with Gasteiger partial charge in [-0.3, -0.25) is 9.59 Å². The largest absolute Gasteiger partial charge is 0.365 e. The number of nitrogens with zero attached hydrogens (tertiary/aromatic N) is 4. The zero-order valence-electron chi connectivity index (χ0n) is 17.9. The van der Waals surface area contributed by atoms with Gasteiger partial charge in [-0.2, -0.15) is 5.10 Å². The fourth-order valence-electron chi connectivity index (χ4n) is 3.03. The molecule has 0 fully saturated rings. The highest BCUT2D eigenvalue weighted by Crippen LogP contribution is 2.29. The normalized spacial score (nSPS) is 10.7. The number of thioether (sulfide) groups is 1. The van der Waals surface area contributed by atoms with Crippen molar-refractivity contribution in [2.24, 2.45) is 5.73 Å². The summed E-state index contributed by atoms with van der Waals surface area (Å²) < 4.78 is 2.12. The van der Waals surface area contributed by atoms with Gasteiger partial charge >= 0.3 is 0 Å². The second-order valence-electron chi connectivity index (χ2n) is 7.10. The van der Waals surface area contributed by atoms with Crippen LogP contribution in [0.3, 0.4) is 0 Å². The second kappa shape index (κ2) is 9.84. The summed E-state index contributed by atoms with van der Waals surface area (Å²) in [4.78, 5) is 24.5. The van der Waals surface area contributed by atoms with Gasteiger partial charge in [0.2, 0.25) is 11.0 Å². The lowest BCUT2D eigenvalue weighted by atomic mass is 10.1. The number of aryl methyl sites for hydroxylation is 1. The molecule has 2 aromatic carbocycles. The van der Waals surface area contributed by atoms with Crippen LogP contribution in [0.15, 0.2) is 59.1 Å². The summed E-state index contributed by atoms with van der Waals surface area (Å²) in [7, 11) is 0. The molecule has 0 spiro atoms. The van der Waals surface area contributed by atoms with E-state index in [2.05, 4.69) is 25.9 Å². The van der Waals surface area contributed by atoms with E-state index < -0.39 is 5.91 Å². The van der Waals surface area contributed by atoms with Gasteiger partial charge < -0.3 is 16.4 Å². The van der Waals surface area contributed by atoms with E-state index in [0.717, 1.165) is 11.3 Å². The summed E-state index contributed by atoms with van der Waals surface area (Å²) in [6.07, 6.45) is 1.34. The molecular weight excluding hydrogens is 458 g/mol. The van der Waals surface area contributed by atoms with Crippen molar-refractivity contribution in [1.82, 2.24) is 20.0 Å². The van der Waals surface area contributed by atoms with Crippen molar-refractivity contribution in [3.63, 3.8) is 0 Å². The molecule has 0 aliphatic carbocycles. The number of hydrogen-bond acceptors (Lipinski definition) is 8. The molecular formula is C22H21N7O2S2. The molecule has 2 amide bonds. The van der Waals surface area contributed by atoms with Gasteiger partial charge in [-0.05, 0) is 43.2 Å². The maximum Gasteiger partial charge on any atom is 0.254 e. The average molecular weight is 480 g/mol. The van der Waals surface area contributed by atoms with Crippen LogP contribution in [0.5, 0.6) is 0 Å². The van der Waals surface area contributed by atoms with Crippen LogP contribution in [-0.4, -0.2) is 37.5 Å². The van der Waals surface area contributed by atoms with E-state index in [9.17, 15) is 9.59 Å². The number of carbonyl (C=O) groups excluding carboxylic acids is 2. The first-order valence-corrected chi connectivity index (χ1v) is 11.7. The van der Waals surface area contributed by atoms with Gasteiger partial charge in [0.25, 0.3) is 5.91 Å². The number of anilines is 3. The molecule has 168 valence electrons. The fraction of sp³-hybridized carbons (Fsp3) is 0.136. The topological polar surface area (TPSA) is 128 Å². The Bertz CT molecular complexity index is 1300. The summed E-state index contributed by atoms with van der Waals surface area (Å²) in [5, 5.41) is 19.2. The third-order valence-corrected chi connectivity index (χ3v) is 6.84. The summed E-state index contributed by atoms with van der Waals surface area (Å²) in [5.41, 5.74) is 9.57. The Hall–Kier alpha value is -3.70. The van der Waals surface area contributed by atoms with Crippen LogP contribution in [0, 0.1) is 13.8 Å². The molecule has 2 heterocycles. The first kappa shape index (κ1) is 22.5. The number of nitrogens with two attached hydrogens (primary N) is 1. The van der Waals surface area contributed by atoms with Gasteiger partial charge in [-0.15, -0.1) is 10.2 Å². The lowest BCUT2D eigenvalue weighted by Crippen LogP contribution is -2.20. The second-order valence-corrected chi connectivity index (χ2v) is 9.30. The SMILES string of the molecule is Cc1cccc(Nc2nnc(SCC(=O)Nc3c(C(N)=O)cnn3-c3ccccc3)s2)c1C.